The maximum atomic E-state index is 12.7. The van der Waals surface area contributed by atoms with Crippen molar-refractivity contribution in [3.8, 4) is 5.75 Å². The van der Waals surface area contributed by atoms with E-state index in [-0.39, 0.29) is 25.0 Å². The fourth-order valence-electron chi connectivity index (χ4n) is 3.67. The Morgan fingerprint density at radius 3 is 2.24 bits per heavy atom. The van der Waals surface area contributed by atoms with Gasteiger partial charge in [-0.15, -0.1) is 0 Å². The molecule has 34 heavy (non-hydrogen) atoms. The fourth-order valence-corrected chi connectivity index (χ4v) is 3.79. The highest BCUT2D eigenvalue weighted by molar-refractivity contribution is 6.30. The first-order valence-electron chi connectivity index (χ1n) is 11.4. The van der Waals surface area contributed by atoms with E-state index in [0.717, 1.165) is 5.69 Å². The summed E-state index contributed by atoms with van der Waals surface area (Å²) in [4.78, 5) is 41.5. The van der Waals surface area contributed by atoms with E-state index in [4.69, 9.17) is 16.3 Å². The molecule has 182 valence electrons. The third kappa shape index (κ3) is 7.38. The molecule has 1 saturated heterocycles. The largest absolute Gasteiger partial charge is 0.484 e. The highest BCUT2D eigenvalue weighted by atomic mass is 35.5. The molecule has 0 radical (unpaired) electrons. The maximum absolute atomic E-state index is 12.7. The summed E-state index contributed by atoms with van der Waals surface area (Å²) in [5, 5.41) is 6.06. The summed E-state index contributed by atoms with van der Waals surface area (Å²) in [6.45, 7) is 5.90. The van der Waals surface area contributed by atoms with Crippen LogP contribution in [0.2, 0.25) is 5.02 Å². The van der Waals surface area contributed by atoms with E-state index in [1.54, 1.807) is 17.0 Å². The van der Waals surface area contributed by atoms with Crippen molar-refractivity contribution in [1.82, 2.24) is 15.5 Å². The number of hydrogen-bond donors (Lipinski definition) is 2. The SMILES string of the molecule is CC(C)C(NC(=O)COc1ccccc1)C(=O)NCC(=O)N1CCN(c2ccc(Cl)cc2)CC1. The van der Waals surface area contributed by atoms with Gasteiger partial charge in [-0.1, -0.05) is 43.6 Å². The Hall–Kier alpha value is -3.26. The quantitative estimate of drug-likeness (QED) is 0.567. The molecule has 1 fully saturated rings. The predicted octanol–water partition coefficient (Wildman–Crippen LogP) is 2.32. The van der Waals surface area contributed by atoms with Gasteiger partial charge >= 0.3 is 0 Å². The molecule has 9 heteroatoms. The lowest BCUT2D eigenvalue weighted by molar-refractivity contribution is -0.135. The van der Waals surface area contributed by atoms with Gasteiger partial charge in [-0.25, -0.2) is 0 Å². The summed E-state index contributed by atoms with van der Waals surface area (Å²) in [5.74, 6) is -0.521. The van der Waals surface area contributed by atoms with Crippen molar-refractivity contribution in [2.45, 2.75) is 19.9 Å². The second-order valence-corrected chi connectivity index (χ2v) is 8.89. The Balaban J connectivity index is 1.42. The normalized spacial score (nSPS) is 14.5. The molecule has 0 saturated carbocycles. The fraction of sp³-hybridized carbons (Fsp3) is 0.400. The monoisotopic (exact) mass is 486 g/mol. The molecule has 1 atom stereocenters. The number of piperazine rings is 1. The molecule has 0 bridgehead atoms. The van der Waals surface area contributed by atoms with Gasteiger partial charge < -0.3 is 25.2 Å². The second kappa shape index (κ2) is 12.3. The Kier molecular flexibility index (Phi) is 9.16. The lowest BCUT2D eigenvalue weighted by Gasteiger charge is -2.36. The lowest BCUT2D eigenvalue weighted by Crippen LogP contribution is -2.54. The van der Waals surface area contributed by atoms with Crippen molar-refractivity contribution >= 4 is 35.0 Å². The van der Waals surface area contributed by atoms with Crippen molar-refractivity contribution in [1.29, 1.82) is 0 Å². The summed E-state index contributed by atoms with van der Waals surface area (Å²) >= 11 is 5.95. The molecule has 2 aromatic carbocycles. The molecule has 2 aromatic rings. The number of para-hydroxylation sites is 1. The molecule has 1 aliphatic rings. The van der Waals surface area contributed by atoms with E-state index in [1.807, 2.05) is 56.3 Å². The van der Waals surface area contributed by atoms with Crippen LogP contribution in [-0.4, -0.2) is 68.0 Å². The summed E-state index contributed by atoms with van der Waals surface area (Å²) in [6, 6.07) is 15.8. The van der Waals surface area contributed by atoms with Gasteiger partial charge in [0.25, 0.3) is 5.91 Å². The maximum Gasteiger partial charge on any atom is 0.258 e. The number of nitrogens with one attached hydrogen (secondary N) is 2. The van der Waals surface area contributed by atoms with Crippen LogP contribution in [0.25, 0.3) is 0 Å². The number of halogens is 1. The highest BCUT2D eigenvalue weighted by Gasteiger charge is 2.26. The number of benzene rings is 2. The smallest absolute Gasteiger partial charge is 0.258 e. The van der Waals surface area contributed by atoms with Crippen LogP contribution in [0.1, 0.15) is 13.8 Å². The molecular formula is C25H31ClN4O4. The van der Waals surface area contributed by atoms with Gasteiger partial charge in [-0.05, 0) is 42.3 Å². The molecule has 1 heterocycles. The van der Waals surface area contributed by atoms with Crippen molar-refractivity contribution in [2.75, 3.05) is 44.2 Å². The molecule has 3 rings (SSSR count). The van der Waals surface area contributed by atoms with Gasteiger partial charge in [0.15, 0.2) is 6.61 Å². The van der Waals surface area contributed by atoms with Gasteiger partial charge in [0.1, 0.15) is 11.8 Å². The van der Waals surface area contributed by atoms with Crippen LogP contribution in [0.4, 0.5) is 5.69 Å². The molecule has 3 amide bonds. The molecule has 0 aliphatic carbocycles. The summed E-state index contributed by atoms with van der Waals surface area (Å²) in [6.07, 6.45) is 0. The Bertz CT molecular complexity index is 961. The van der Waals surface area contributed by atoms with Crippen LogP contribution < -0.4 is 20.3 Å². The number of rotatable bonds is 9. The van der Waals surface area contributed by atoms with Gasteiger partial charge in [0.05, 0.1) is 6.54 Å². The summed E-state index contributed by atoms with van der Waals surface area (Å²) in [7, 11) is 0. The van der Waals surface area contributed by atoms with Crippen LogP contribution in [-0.2, 0) is 14.4 Å². The lowest BCUT2D eigenvalue weighted by atomic mass is 10.0. The number of anilines is 1. The van der Waals surface area contributed by atoms with Crippen LogP contribution in [0.5, 0.6) is 5.75 Å². The second-order valence-electron chi connectivity index (χ2n) is 8.45. The number of carbonyl (C=O) groups excluding carboxylic acids is 3. The molecular weight excluding hydrogens is 456 g/mol. The molecule has 0 spiro atoms. The molecule has 8 nitrogen and oxygen atoms in total. The number of carbonyl (C=O) groups is 3. The van der Waals surface area contributed by atoms with E-state index in [2.05, 4.69) is 15.5 Å². The summed E-state index contributed by atoms with van der Waals surface area (Å²) < 4.78 is 5.44. The first-order chi connectivity index (χ1) is 16.3. The highest BCUT2D eigenvalue weighted by Crippen LogP contribution is 2.19. The zero-order chi connectivity index (χ0) is 24.5. The minimum Gasteiger partial charge on any atom is -0.484 e. The first-order valence-corrected chi connectivity index (χ1v) is 11.7. The van der Waals surface area contributed by atoms with Crippen LogP contribution >= 0.6 is 11.6 Å². The minimum atomic E-state index is -0.763. The van der Waals surface area contributed by atoms with Crippen molar-refractivity contribution < 1.29 is 19.1 Å². The summed E-state index contributed by atoms with van der Waals surface area (Å²) in [5.41, 5.74) is 1.07. The van der Waals surface area contributed by atoms with Crippen molar-refractivity contribution in [2.24, 2.45) is 5.92 Å². The van der Waals surface area contributed by atoms with E-state index in [0.29, 0.717) is 37.0 Å². The van der Waals surface area contributed by atoms with Gasteiger partial charge in [0, 0.05) is 36.9 Å². The number of ether oxygens (including phenoxy) is 1. The number of hydrogen-bond acceptors (Lipinski definition) is 5. The predicted molar refractivity (Wildman–Crippen MR) is 132 cm³/mol. The van der Waals surface area contributed by atoms with E-state index < -0.39 is 17.9 Å². The molecule has 1 aliphatic heterocycles. The number of nitrogens with zero attached hydrogens (tertiary/aromatic N) is 2. The topological polar surface area (TPSA) is 91.0 Å². The van der Waals surface area contributed by atoms with Gasteiger partial charge in [0.2, 0.25) is 11.8 Å². The zero-order valence-corrected chi connectivity index (χ0v) is 20.3. The van der Waals surface area contributed by atoms with Crippen LogP contribution in [0.15, 0.2) is 54.6 Å². The van der Waals surface area contributed by atoms with Gasteiger partial charge in [-0.3, -0.25) is 14.4 Å². The average molecular weight is 487 g/mol. The third-order valence-corrected chi connectivity index (χ3v) is 5.87. The van der Waals surface area contributed by atoms with Crippen LogP contribution in [0.3, 0.4) is 0 Å². The zero-order valence-electron chi connectivity index (χ0n) is 19.5. The third-order valence-electron chi connectivity index (χ3n) is 5.62. The molecule has 0 aromatic heterocycles. The van der Waals surface area contributed by atoms with E-state index in [9.17, 15) is 14.4 Å². The van der Waals surface area contributed by atoms with E-state index in [1.165, 1.54) is 0 Å². The van der Waals surface area contributed by atoms with E-state index >= 15 is 0 Å². The Morgan fingerprint density at radius 2 is 1.62 bits per heavy atom. The van der Waals surface area contributed by atoms with Crippen LogP contribution in [0, 0.1) is 5.92 Å². The molecule has 1 unspecified atom stereocenters. The van der Waals surface area contributed by atoms with Gasteiger partial charge in [-0.2, -0.15) is 0 Å². The number of amides is 3. The average Bonchev–Trinajstić information content (AvgIpc) is 2.85. The van der Waals surface area contributed by atoms with Crippen molar-refractivity contribution in [3.05, 3.63) is 59.6 Å². The Labute approximate surface area is 205 Å². The minimum absolute atomic E-state index is 0.112. The Morgan fingerprint density at radius 1 is 0.971 bits per heavy atom. The molecule has 2 N–H and O–H groups in total. The van der Waals surface area contributed by atoms with Crippen molar-refractivity contribution in [3.63, 3.8) is 0 Å². The first kappa shape index (κ1) is 25.4. The standard InChI is InChI=1S/C25H31ClN4O4/c1-18(2)24(28-22(31)17-34-21-6-4-3-5-7-21)25(33)27-16-23(32)30-14-12-29(13-15-30)20-10-8-19(26)9-11-20/h3-11,18,24H,12-17H2,1-2H3,(H,27,33)(H,28,31).